The number of hydrogen-bond acceptors (Lipinski definition) is 4. The first kappa shape index (κ1) is 18.3. The summed E-state index contributed by atoms with van der Waals surface area (Å²) in [4.78, 5) is 14.9. The van der Waals surface area contributed by atoms with Gasteiger partial charge in [0.05, 0.1) is 10.6 Å². The Morgan fingerprint density at radius 2 is 1.78 bits per heavy atom. The first-order valence-corrected chi connectivity index (χ1v) is 8.59. The fraction of sp³-hybridized carbons (Fsp3) is 0.136. The maximum absolute atomic E-state index is 10.7. The third kappa shape index (κ3) is 4.79. The van der Waals surface area contributed by atoms with Gasteiger partial charge >= 0.3 is 0 Å². The number of rotatable bonds is 6. The second-order valence-corrected chi connectivity index (χ2v) is 6.30. The molecule has 0 aliphatic rings. The van der Waals surface area contributed by atoms with Crippen LogP contribution in [0.2, 0.25) is 0 Å². The summed E-state index contributed by atoms with van der Waals surface area (Å²) >= 11 is 0. The normalized spacial score (nSPS) is 10.9. The van der Waals surface area contributed by atoms with Crippen LogP contribution in [0, 0.1) is 24.0 Å². The fourth-order valence-corrected chi connectivity index (χ4v) is 2.68. The van der Waals surface area contributed by atoms with Crippen LogP contribution in [0.15, 0.2) is 71.7 Å². The molecule has 0 bridgehead atoms. The number of nitro benzene ring substituents is 1. The molecular formula is C22H20N2O3. The van der Waals surface area contributed by atoms with Crippen molar-refractivity contribution < 1.29 is 9.66 Å². The molecule has 0 aliphatic heterocycles. The predicted octanol–water partition coefficient (Wildman–Crippen LogP) is 5.54. The van der Waals surface area contributed by atoms with Crippen molar-refractivity contribution in [2.24, 2.45) is 4.99 Å². The number of benzene rings is 3. The highest BCUT2D eigenvalue weighted by atomic mass is 16.6. The van der Waals surface area contributed by atoms with Gasteiger partial charge in [-0.2, -0.15) is 0 Å². The Kier molecular flexibility index (Phi) is 5.61. The zero-order chi connectivity index (χ0) is 19.2. The molecule has 136 valence electrons. The SMILES string of the molecule is Cc1ccc(N=Cc2ccccc2OCc2ccc([N+](=O)[O-])cc2)c(C)c1. The van der Waals surface area contributed by atoms with Gasteiger partial charge in [-0.3, -0.25) is 15.1 Å². The minimum absolute atomic E-state index is 0.0692. The van der Waals surface area contributed by atoms with E-state index in [-0.39, 0.29) is 5.69 Å². The Morgan fingerprint density at radius 3 is 2.48 bits per heavy atom. The van der Waals surface area contributed by atoms with Crippen LogP contribution in [0.4, 0.5) is 11.4 Å². The van der Waals surface area contributed by atoms with Gasteiger partial charge in [0.2, 0.25) is 0 Å². The van der Waals surface area contributed by atoms with Crippen molar-refractivity contribution in [3.63, 3.8) is 0 Å². The van der Waals surface area contributed by atoms with Crippen LogP contribution in [0.5, 0.6) is 5.75 Å². The van der Waals surface area contributed by atoms with Gasteiger partial charge in [0.25, 0.3) is 5.69 Å². The molecule has 0 aromatic heterocycles. The molecule has 27 heavy (non-hydrogen) atoms. The van der Waals surface area contributed by atoms with E-state index in [1.54, 1.807) is 18.3 Å². The Morgan fingerprint density at radius 1 is 1.04 bits per heavy atom. The average Bonchev–Trinajstić information content (AvgIpc) is 2.66. The number of ether oxygens (including phenoxy) is 1. The van der Waals surface area contributed by atoms with Crippen LogP contribution < -0.4 is 4.74 Å². The number of aliphatic imine (C=N–C) groups is 1. The summed E-state index contributed by atoms with van der Waals surface area (Å²) < 4.78 is 5.90. The molecule has 0 atom stereocenters. The van der Waals surface area contributed by atoms with E-state index in [2.05, 4.69) is 18.0 Å². The van der Waals surface area contributed by atoms with E-state index in [1.165, 1.54) is 17.7 Å². The number of nitro groups is 1. The lowest BCUT2D eigenvalue weighted by atomic mass is 10.1. The van der Waals surface area contributed by atoms with Crippen molar-refractivity contribution in [1.29, 1.82) is 0 Å². The van der Waals surface area contributed by atoms with Crippen LogP contribution in [-0.4, -0.2) is 11.1 Å². The van der Waals surface area contributed by atoms with Crippen molar-refractivity contribution in [2.75, 3.05) is 0 Å². The molecular weight excluding hydrogens is 340 g/mol. The molecule has 3 aromatic rings. The number of para-hydroxylation sites is 1. The minimum atomic E-state index is -0.413. The van der Waals surface area contributed by atoms with Gasteiger partial charge in [0.15, 0.2) is 0 Å². The van der Waals surface area contributed by atoms with Crippen LogP contribution in [0.3, 0.4) is 0 Å². The molecule has 3 aromatic carbocycles. The average molecular weight is 360 g/mol. The highest BCUT2D eigenvalue weighted by molar-refractivity contribution is 5.85. The van der Waals surface area contributed by atoms with Gasteiger partial charge in [-0.15, -0.1) is 0 Å². The first-order chi connectivity index (χ1) is 13.0. The van der Waals surface area contributed by atoms with E-state index in [0.717, 1.165) is 22.4 Å². The van der Waals surface area contributed by atoms with E-state index >= 15 is 0 Å². The number of hydrogen-bond donors (Lipinski definition) is 0. The van der Waals surface area contributed by atoms with E-state index in [0.29, 0.717) is 12.4 Å². The summed E-state index contributed by atoms with van der Waals surface area (Å²) in [5.74, 6) is 0.712. The van der Waals surface area contributed by atoms with E-state index in [9.17, 15) is 10.1 Å². The molecule has 0 spiro atoms. The molecule has 3 rings (SSSR count). The summed E-state index contributed by atoms with van der Waals surface area (Å²) in [6.07, 6.45) is 1.79. The molecule has 0 amide bonds. The van der Waals surface area contributed by atoms with Crippen LogP contribution in [-0.2, 0) is 6.61 Å². The van der Waals surface area contributed by atoms with Crippen molar-refractivity contribution >= 4 is 17.6 Å². The quantitative estimate of drug-likeness (QED) is 0.329. The Balaban J connectivity index is 1.73. The second-order valence-electron chi connectivity index (χ2n) is 6.30. The van der Waals surface area contributed by atoms with Gasteiger partial charge in [0.1, 0.15) is 12.4 Å². The van der Waals surface area contributed by atoms with Gasteiger partial charge in [0, 0.05) is 23.9 Å². The smallest absolute Gasteiger partial charge is 0.269 e. The predicted molar refractivity (Wildman–Crippen MR) is 107 cm³/mol. The monoisotopic (exact) mass is 360 g/mol. The summed E-state index contributed by atoms with van der Waals surface area (Å²) in [5, 5.41) is 10.7. The highest BCUT2D eigenvalue weighted by Crippen LogP contribution is 2.22. The van der Waals surface area contributed by atoms with Crippen molar-refractivity contribution in [3.8, 4) is 5.75 Å². The van der Waals surface area contributed by atoms with Crippen molar-refractivity contribution in [3.05, 3.63) is 99.1 Å². The summed E-state index contributed by atoms with van der Waals surface area (Å²) in [5.41, 5.74) is 5.06. The summed E-state index contributed by atoms with van der Waals surface area (Å²) in [6, 6.07) is 20.2. The maximum atomic E-state index is 10.7. The van der Waals surface area contributed by atoms with Gasteiger partial charge in [-0.25, -0.2) is 0 Å². The maximum Gasteiger partial charge on any atom is 0.269 e. The van der Waals surface area contributed by atoms with E-state index in [1.807, 2.05) is 43.3 Å². The van der Waals surface area contributed by atoms with Crippen LogP contribution in [0.1, 0.15) is 22.3 Å². The molecule has 0 fully saturated rings. The standard InChI is InChI=1S/C22H20N2O3/c1-16-7-12-21(17(2)13-16)23-14-19-5-3-4-6-22(19)27-15-18-8-10-20(11-9-18)24(25)26/h3-14H,15H2,1-2H3. The lowest BCUT2D eigenvalue weighted by Gasteiger charge is -2.09. The van der Waals surface area contributed by atoms with Gasteiger partial charge < -0.3 is 4.74 Å². The molecule has 0 unspecified atom stereocenters. The molecule has 0 saturated heterocycles. The summed E-state index contributed by atoms with van der Waals surface area (Å²) in [6.45, 7) is 4.42. The lowest BCUT2D eigenvalue weighted by molar-refractivity contribution is -0.384. The van der Waals surface area contributed by atoms with Crippen LogP contribution in [0.25, 0.3) is 0 Å². The molecule has 0 saturated carbocycles. The van der Waals surface area contributed by atoms with E-state index in [4.69, 9.17) is 4.74 Å². The third-order valence-electron chi connectivity index (χ3n) is 4.16. The number of nitrogens with zero attached hydrogens (tertiary/aromatic N) is 2. The number of non-ortho nitro benzene ring substituents is 1. The van der Waals surface area contributed by atoms with Crippen LogP contribution >= 0.6 is 0 Å². The fourth-order valence-electron chi connectivity index (χ4n) is 2.68. The zero-order valence-electron chi connectivity index (χ0n) is 15.3. The third-order valence-corrected chi connectivity index (χ3v) is 4.16. The first-order valence-electron chi connectivity index (χ1n) is 8.59. The Bertz CT molecular complexity index is 979. The minimum Gasteiger partial charge on any atom is -0.488 e. The molecule has 0 heterocycles. The Hall–Kier alpha value is -3.47. The largest absolute Gasteiger partial charge is 0.488 e. The van der Waals surface area contributed by atoms with Gasteiger partial charge in [-0.1, -0.05) is 29.8 Å². The summed E-state index contributed by atoms with van der Waals surface area (Å²) in [7, 11) is 0. The molecule has 5 nitrogen and oxygen atoms in total. The second kappa shape index (κ2) is 8.27. The molecule has 5 heteroatoms. The number of aryl methyl sites for hydroxylation is 2. The van der Waals surface area contributed by atoms with E-state index < -0.39 is 4.92 Å². The molecule has 0 radical (unpaired) electrons. The highest BCUT2D eigenvalue weighted by Gasteiger charge is 2.06. The Labute approximate surface area is 158 Å². The molecule has 0 N–H and O–H groups in total. The van der Waals surface area contributed by atoms with Gasteiger partial charge in [-0.05, 0) is 55.3 Å². The van der Waals surface area contributed by atoms with Crippen molar-refractivity contribution in [1.82, 2.24) is 0 Å². The van der Waals surface area contributed by atoms with Crippen molar-refractivity contribution in [2.45, 2.75) is 20.5 Å². The lowest BCUT2D eigenvalue weighted by Crippen LogP contribution is -1.98. The molecule has 0 aliphatic carbocycles. The topological polar surface area (TPSA) is 64.7 Å². The zero-order valence-corrected chi connectivity index (χ0v) is 15.3.